The summed E-state index contributed by atoms with van der Waals surface area (Å²) in [6.45, 7) is 4.07. The maximum Gasteiger partial charge on any atom is 0.287 e. The summed E-state index contributed by atoms with van der Waals surface area (Å²) in [7, 11) is 0. The molecule has 412 valence electrons. The molecule has 1 unspecified atom stereocenters. The van der Waals surface area contributed by atoms with Crippen molar-refractivity contribution < 1.29 is 68.0 Å². The highest BCUT2D eigenvalue weighted by Gasteiger charge is 2.37. The van der Waals surface area contributed by atoms with E-state index in [2.05, 4.69) is 53.2 Å². The van der Waals surface area contributed by atoms with Gasteiger partial charge in [0.05, 0.1) is 37.2 Å². The van der Waals surface area contributed by atoms with Crippen LogP contribution < -0.4 is 70.4 Å². The topological polar surface area (TPSA) is 446 Å². The quantitative estimate of drug-likeness (QED) is 0.0622. The minimum atomic E-state index is -1.83. The maximum atomic E-state index is 14.3. The van der Waals surface area contributed by atoms with E-state index in [0.717, 1.165) is 0 Å². The van der Waals surface area contributed by atoms with Crippen LogP contribution in [0.3, 0.4) is 0 Å². The summed E-state index contributed by atoms with van der Waals surface area (Å²) in [4.78, 5) is 124. The van der Waals surface area contributed by atoms with Crippen LogP contribution in [0.4, 0.5) is 0 Å². The number of aliphatic hydroxyl groups is 4. The van der Waals surface area contributed by atoms with E-state index in [0.29, 0.717) is 5.56 Å². The molecule has 1 aliphatic heterocycles. The molecule has 0 saturated carbocycles. The highest BCUT2D eigenvalue weighted by Crippen LogP contribution is 2.13. The van der Waals surface area contributed by atoms with Gasteiger partial charge in [-0.3, -0.25) is 48.5 Å². The molecule has 0 radical (unpaired) electrons. The molecule has 0 bridgehead atoms. The number of nitrogens with two attached hydrogens (primary N) is 3. The van der Waals surface area contributed by atoms with Gasteiger partial charge in [0.15, 0.2) is 5.76 Å². The molecule has 12 atom stereocenters. The van der Waals surface area contributed by atoms with Crippen molar-refractivity contribution in [2.45, 2.75) is 139 Å². The Morgan fingerprint density at radius 3 is 1.82 bits per heavy atom. The number of carbonyl (C=O) groups excluding carboxylic acids is 9. The van der Waals surface area contributed by atoms with Crippen LogP contribution in [-0.4, -0.2) is 179 Å². The van der Waals surface area contributed by atoms with E-state index in [-0.39, 0.29) is 63.4 Å². The van der Waals surface area contributed by atoms with E-state index in [1.165, 1.54) is 32.2 Å². The third-order valence-electron chi connectivity index (χ3n) is 11.7. The van der Waals surface area contributed by atoms with Crippen LogP contribution in [0.1, 0.15) is 75.9 Å². The monoisotopic (exact) mass is 1050 g/mol. The molecule has 3 rings (SSSR count). The van der Waals surface area contributed by atoms with Gasteiger partial charge in [-0.15, -0.1) is 0 Å². The minimum Gasteiger partial charge on any atom is -0.459 e. The Balaban J connectivity index is 2.09. The van der Waals surface area contributed by atoms with E-state index in [1.807, 2.05) is 13.8 Å². The number of hydrogen-bond acceptors (Lipinski definition) is 18. The van der Waals surface area contributed by atoms with Crippen molar-refractivity contribution in [2.24, 2.45) is 23.1 Å². The molecule has 74 heavy (non-hydrogen) atoms. The zero-order valence-corrected chi connectivity index (χ0v) is 42.0. The SMILES string of the molecule is CC(C)C[C@@H]1NC(=O)[C@@H](Cc2ccccc2)NC(=O)[C@H](CCN)NC(=O)[C@@H](NC(=O)[C@@H](CO)NC(=O)[C@@H](NC(=O)c2ccco2)[C@@H](C)O)CCNC(=O)[C@H]([C@@H](C)O)NC(=O)[C@H](CCN)NC(=O)[C@H](CCN)NC1O. The lowest BCUT2D eigenvalue weighted by atomic mass is 9.99. The van der Waals surface area contributed by atoms with Crippen LogP contribution in [-0.2, 0) is 44.8 Å². The van der Waals surface area contributed by atoms with Crippen molar-refractivity contribution in [1.82, 2.24) is 53.2 Å². The average Bonchev–Trinajstić information content (AvgIpc) is 3.90. The van der Waals surface area contributed by atoms with Gasteiger partial charge in [-0.2, -0.15) is 0 Å². The lowest BCUT2D eigenvalue weighted by Gasteiger charge is -2.32. The molecule has 1 aliphatic rings. The first kappa shape index (κ1) is 61.7. The normalized spacial score (nSPS) is 24.8. The van der Waals surface area contributed by atoms with E-state index in [9.17, 15) is 63.6 Å². The van der Waals surface area contributed by atoms with Crippen molar-refractivity contribution in [2.75, 3.05) is 32.8 Å². The number of rotatable bonds is 19. The highest BCUT2D eigenvalue weighted by atomic mass is 16.3. The summed E-state index contributed by atoms with van der Waals surface area (Å²) in [5.74, 6) is -9.02. The van der Waals surface area contributed by atoms with Crippen molar-refractivity contribution in [3.05, 3.63) is 60.1 Å². The number of nitrogens with one attached hydrogen (secondary N) is 10. The van der Waals surface area contributed by atoms with E-state index in [4.69, 9.17) is 21.6 Å². The molecule has 9 amide bonds. The first-order valence-corrected chi connectivity index (χ1v) is 24.4. The maximum absolute atomic E-state index is 14.3. The molecule has 20 N–H and O–H groups in total. The fourth-order valence-corrected chi connectivity index (χ4v) is 7.71. The molecule has 0 aliphatic carbocycles. The number of furan rings is 1. The molecule has 27 nitrogen and oxygen atoms in total. The zero-order chi connectivity index (χ0) is 55.1. The van der Waals surface area contributed by atoms with E-state index in [1.54, 1.807) is 30.3 Å². The summed E-state index contributed by atoms with van der Waals surface area (Å²) >= 11 is 0. The van der Waals surface area contributed by atoms with Crippen LogP contribution in [0.5, 0.6) is 0 Å². The van der Waals surface area contributed by atoms with Crippen molar-refractivity contribution >= 4 is 53.2 Å². The number of amides is 9. The molecule has 0 spiro atoms. The Morgan fingerprint density at radius 1 is 0.703 bits per heavy atom. The second-order valence-corrected chi connectivity index (χ2v) is 18.3. The van der Waals surface area contributed by atoms with Crippen LogP contribution in [0.2, 0.25) is 0 Å². The van der Waals surface area contributed by atoms with Crippen LogP contribution in [0, 0.1) is 5.92 Å². The van der Waals surface area contributed by atoms with Crippen molar-refractivity contribution in [1.29, 1.82) is 0 Å². The smallest absolute Gasteiger partial charge is 0.287 e. The molecule has 27 heteroatoms. The Hall–Kier alpha value is -6.59. The predicted molar refractivity (Wildman–Crippen MR) is 265 cm³/mol. The van der Waals surface area contributed by atoms with Gasteiger partial charge in [0.25, 0.3) is 5.91 Å². The second-order valence-electron chi connectivity index (χ2n) is 18.3. The van der Waals surface area contributed by atoms with Crippen molar-refractivity contribution in [3.8, 4) is 0 Å². The molecule has 1 aromatic heterocycles. The third-order valence-corrected chi connectivity index (χ3v) is 11.7. The molecule has 1 fully saturated rings. The largest absolute Gasteiger partial charge is 0.459 e. The average molecular weight is 1050 g/mol. The Bertz CT molecular complexity index is 2150. The van der Waals surface area contributed by atoms with Gasteiger partial charge in [-0.25, -0.2) is 0 Å². The highest BCUT2D eigenvalue weighted by molar-refractivity contribution is 5.99. The van der Waals surface area contributed by atoms with Crippen LogP contribution >= 0.6 is 0 Å². The number of carbonyl (C=O) groups is 9. The molecule has 2 heterocycles. The van der Waals surface area contributed by atoms with E-state index >= 15 is 0 Å². The number of aliphatic hydroxyl groups excluding tert-OH is 4. The molecular formula is C47H75N13O14. The Morgan fingerprint density at radius 2 is 1.27 bits per heavy atom. The molecule has 1 aromatic carbocycles. The van der Waals surface area contributed by atoms with E-state index < -0.39 is 146 Å². The zero-order valence-electron chi connectivity index (χ0n) is 42.0. The summed E-state index contributed by atoms with van der Waals surface area (Å²) < 4.78 is 5.03. The van der Waals surface area contributed by atoms with Gasteiger partial charge >= 0.3 is 0 Å². The van der Waals surface area contributed by atoms with Crippen LogP contribution in [0.25, 0.3) is 0 Å². The lowest BCUT2D eigenvalue weighted by molar-refractivity contribution is -0.136. The summed E-state index contributed by atoms with van der Waals surface area (Å²) in [6.07, 6.45) is -4.38. The first-order valence-electron chi connectivity index (χ1n) is 24.4. The lowest BCUT2D eigenvalue weighted by Crippen LogP contribution is -2.62. The van der Waals surface area contributed by atoms with Gasteiger partial charge < -0.3 is 89.9 Å². The number of hydrogen-bond donors (Lipinski definition) is 17. The number of benzene rings is 1. The summed E-state index contributed by atoms with van der Waals surface area (Å²) in [5, 5.41) is 68.0. The van der Waals surface area contributed by atoms with Gasteiger partial charge in [-0.05, 0) is 89.2 Å². The van der Waals surface area contributed by atoms with Gasteiger partial charge in [0.1, 0.15) is 48.5 Å². The second kappa shape index (κ2) is 31.2. The standard InChI is InChI=1S/C47H75N13O14/c1-24(2)21-32-42(68)54-28(12-16-48)38(64)53-30(14-18-50)41(67)59-36(25(3)62)46(72)51-19-15-31(55-44(70)34(23-61)58-47(73)37(26(4)63)60-45(71)35-11-8-20-74-35)40(66)52-29(13-17-49)39(65)57-33(43(69)56-32)22-27-9-6-5-7-10-27/h5-11,20,24-26,28-34,36-37,42,54,61-63,68H,12-19,21-23,48-50H2,1-4H3,(H,51,72)(H,52,66)(H,53,64)(H,55,70)(H,56,69)(H,57,65)(H,58,73)(H,59,67)(H,60,71)/t25-,26-,28+,29+,30+,31+,32+,33-,34-,36+,37+,42?/m1/s1. The molecule has 2 aromatic rings. The molecular weight excluding hydrogens is 971 g/mol. The Labute approximate surface area is 428 Å². The first-order chi connectivity index (χ1) is 35.1. The third kappa shape index (κ3) is 19.7. The fourth-order valence-electron chi connectivity index (χ4n) is 7.71. The predicted octanol–water partition coefficient (Wildman–Crippen LogP) is -6.34. The van der Waals surface area contributed by atoms with Crippen LogP contribution in [0.15, 0.2) is 53.1 Å². The van der Waals surface area contributed by atoms with Crippen molar-refractivity contribution in [3.63, 3.8) is 0 Å². The van der Waals surface area contributed by atoms with Gasteiger partial charge in [-0.1, -0.05) is 44.2 Å². The summed E-state index contributed by atoms with van der Waals surface area (Å²) in [6, 6.07) is -2.19. The summed E-state index contributed by atoms with van der Waals surface area (Å²) in [5.41, 5.74) is 18.2. The van der Waals surface area contributed by atoms with Gasteiger partial charge in [0, 0.05) is 13.0 Å². The molecule has 1 saturated heterocycles. The Kier molecular flexibility index (Phi) is 26.0. The fraction of sp³-hybridized carbons (Fsp3) is 0.596. The van der Waals surface area contributed by atoms with Gasteiger partial charge in [0.2, 0.25) is 47.3 Å². The minimum absolute atomic E-state index is 0.0607.